The molecule has 2 heterocycles. The fraction of sp³-hybridized carbons (Fsp3) is 0.471. The summed E-state index contributed by atoms with van der Waals surface area (Å²) >= 11 is 0. The Balaban J connectivity index is 1.60. The van der Waals surface area contributed by atoms with Gasteiger partial charge in [-0.2, -0.15) is 5.10 Å². The fourth-order valence-corrected chi connectivity index (χ4v) is 3.12. The van der Waals surface area contributed by atoms with E-state index in [9.17, 15) is 0 Å². The first kappa shape index (κ1) is 14.9. The van der Waals surface area contributed by atoms with Gasteiger partial charge >= 0.3 is 0 Å². The molecule has 0 saturated carbocycles. The summed E-state index contributed by atoms with van der Waals surface area (Å²) in [6, 6.07) is 8.13. The number of hydrogen-bond acceptors (Lipinski definition) is 4. The van der Waals surface area contributed by atoms with Gasteiger partial charge in [-0.25, -0.2) is 0 Å². The van der Waals surface area contributed by atoms with Crippen LogP contribution in [-0.4, -0.2) is 40.9 Å². The summed E-state index contributed by atoms with van der Waals surface area (Å²) < 4.78 is 2.07. The highest BCUT2D eigenvalue weighted by Gasteiger charge is 2.19. The Labute approximate surface area is 132 Å². The lowest BCUT2D eigenvalue weighted by molar-refractivity contribution is 0.249. The van der Waals surface area contributed by atoms with Crippen molar-refractivity contribution in [1.29, 1.82) is 0 Å². The van der Waals surface area contributed by atoms with Crippen LogP contribution in [0.2, 0.25) is 0 Å². The Morgan fingerprint density at radius 1 is 1.14 bits per heavy atom. The van der Waals surface area contributed by atoms with Crippen LogP contribution in [-0.2, 0) is 13.1 Å². The van der Waals surface area contributed by atoms with E-state index in [-0.39, 0.29) is 0 Å². The van der Waals surface area contributed by atoms with Gasteiger partial charge in [-0.15, -0.1) is 0 Å². The van der Waals surface area contributed by atoms with Crippen LogP contribution in [0.3, 0.4) is 0 Å². The van der Waals surface area contributed by atoms with E-state index in [1.54, 1.807) is 0 Å². The quantitative estimate of drug-likeness (QED) is 0.879. The molecule has 1 fully saturated rings. The summed E-state index contributed by atoms with van der Waals surface area (Å²) in [4.78, 5) is 4.88. The van der Waals surface area contributed by atoms with E-state index in [0.717, 1.165) is 50.6 Å². The van der Waals surface area contributed by atoms with E-state index in [4.69, 9.17) is 5.73 Å². The number of para-hydroxylation sites is 2. The van der Waals surface area contributed by atoms with E-state index >= 15 is 0 Å². The minimum atomic E-state index is 0.871. The molecule has 0 unspecified atom stereocenters. The lowest BCUT2D eigenvalue weighted by Gasteiger charge is -2.36. The highest BCUT2D eigenvalue weighted by atomic mass is 15.3. The Morgan fingerprint density at radius 3 is 2.50 bits per heavy atom. The molecule has 1 aromatic carbocycles. The largest absolute Gasteiger partial charge is 0.397 e. The van der Waals surface area contributed by atoms with Crippen LogP contribution in [0.4, 0.5) is 11.4 Å². The van der Waals surface area contributed by atoms with Gasteiger partial charge in [0, 0.05) is 50.5 Å². The number of benzene rings is 1. The fourth-order valence-electron chi connectivity index (χ4n) is 3.12. The molecule has 2 N–H and O–H groups in total. The molecule has 0 atom stereocenters. The molecule has 1 saturated heterocycles. The zero-order chi connectivity index (χ0) is 15.5. The topological polar surface area (TPSA) is 50.3 Å². The number of rotatable bonds is 4. The van der Waals surface area contributed by atoms with E-state index in [1.807, 2.05) is 18.3 Å². The number of piperazine rings is 1. The monoisotopic (exact) mass is 299 g/mol. The zero-order valence-corrected chi connectivity index (χ0v) is 13.5. The van der Waals surface area contributed by atoms with Gasteiger partial charge in [0.2, 0.25) is 0 Å². The molecule has 5 nitrogen and oxygen atoms in total. The molecule has 0 aliphatic carbocycles. The minimum absolute atomic E-state index is 0.871. The third kappa shape index (κ3) is 2.95. The summed E-state index contributed by atoms with van der Waals surface area (Å²) in [5.74, 6) is 0. The molecule has 1 aliphatic rings. The normalized spacial score (nSPS) is 16.2. The first-order chi connectivity index (χ1) is 10.7. The van der Waals surface area contributed by atoms with E-state index in [2.05, 4.69) is 45.6 Å². The van der Waals surface area contributed by atoms with Crippen molar-refractivity contribution >= 4 is 11.4 Å². The summed E-state index contributed by atoms with van der Waals surface area (Å²) in [7, 11) is 0. The van der Waals surface area contributed by atoms with E-state index in [1.165, 1.54) is 11.3 Å². The maximum atomic E-state index is 6.08. The molecule has 1 aliphatic heterocycles. The van der Waals surface area contributed by atoms with E-state index < -0.39 is 0 Å². The molecule has 1 aromatic heterocycles. The average Bonchev–Trinajstić information content (AvgIpc) is 2.89. The summed E-state index contributed by atoms with van der Waals surface area (Å²) in [5.41, 5.74) is 10.7. The average molecular weight is 299 g/mol. The maximum Gasteiger partial charge on any atom is 0.0600 e. The highest BCUT2D eigenvalue weighted by molar-refractivity contribution is 5.67. The zero-order valence-electron chi connectivity index (χ0n) is 13.5. The third-order valence-electron chi connectivity index (χ3n) is 4.55. The second-order valence-corrected chi connectivity index (χ2v) is 5.89. The SMILES string of the molecule is CCn1ncc(CN2CCN(c3ccccc3N)CC2)c1C. The molecule has 3 rings (SSSR count). The van der Waals surface area contributed by atoms with Crippen molar-refractivity contribution < 1.29 is 0 Å². The number of aryl methyl sites for hydroxylation is 1. The standard InChI is InChI=1S/C17H25N5/c1-3-22-14(2)15(12-19-22)13-20-8-10-21(11-9-20)17-7-5-4-6-16(17)18/h4-7,12H,3,8-11,13,18H2,1-2H3. The second-order valence-electron chi connectivity index (χ2n) is 5.89. The van der Waals surface area contributed by atoms with Crippen LogP contribution < -0.4 is 10.6 Å². The third-order valence-corrected chi connectivity index (χ3v) is 4.55. The molecule has 5 heteroatoms. The number of nitrogen functional groups attached to an aromatic ring is 1. The van der Waals surface area contributed by atoms with Gasteiger partial charge in [0.1, 0.15) is 0 Å². The Kier molecular flexibility index (Phi) is 4.34. The van der Waals surface area contributed by atoms with Gasteiger partial charge in [-0.05, 0) is 26.0 Å². The molecule has 0 spiro atoms. The molecule has 0 amide bonds. The number of anilines is 2. The van der Waals surface area contributed by atoms with Crippen molar-refractivity contribution in [1.82, 2.24) is 14.7 Å². The Bertz CT molecular complexity index is 626. The molecular weight excluding hydrogens is 274 g/mol. The van der Waals surface area contributed by atoms with Crippen molar-refractivity contribution in [2.45, 2.75) is 26.9 Å². The predicted molar refractivity (Wildman–Crippen MR) is 91.0 cm³/mol. The van der Waals surface area contributed by atoms with Crippen LogP contribution in [0.5, 0.6) is 0 Å². The van der Waals surface area contributed by atoms with Crippen molar-refractivity contribution in [2.24, 2.45) is 0 Å². The van der Waals surface area contributed by atoms with Gasteiger partial charge in [-0.3, -0.25) is 9.58 Å². The van der Waals surface area contributed by atoms with Gasteiger partial charge in [0.15, 0.2) is 0 Å². The van der Waals surface area contributed by atoms with Crippen molar-refractivity contribution in [3.8, 4) is 0 Å². The molecule has 118 valence electrons. The molecule has 22 heavy (non-hydrogen) atoms. The molecule has 2 aromatic rings. The van der Waals surface area contributed by atoms with Gasteiger partial charge < -0.3 is 10.6 Å². The smallest absolute Gasteiger partial charge is 0.0600 e. The van der Waals surface area contributed by atoms with Crippen molar-refractivity contribution in [3.05, 3.63) is 41.7 Å². The van der Waals surface area contributed by atoms with Gasteiger partial charge in [0.05, 0.1) is 17.6 Å². The summed E-state index contributed by atoms with van der Waals surface area (Å²) in [6.45, 7) is 10.4. The second kappa shape index (κ2) is 6.40. The predicted octanol–water partition coefficient (Wildman–Crippen LogP) is 2.12. The molecular formula is C17H25N5. The van der Waals surface area contributed by atoms with Gasteiger partial charge in [-0.1, -0.05) is 12.1 Å². The number of nitrogens with zero attached hydrogens (tertiary/aromatic N) is 4. The Morgan fingerprint density at radius 2 is 1.86 bits per heavy atom. The molecule has 0 radical (unpaired) electrons. The number of hydrogen-bond donors (Lipinski definition) is 1. The van der Waals surface area contributed by atoms with Crippen LogP contribution in [0.15, 0.2) is 30.5 Å². The lowest BCUT2D eigenvalue weighted by atomic mass is 10.2. The summed E-state index contributed by atoms with van der Waals surface area (Å²) in [6.07, 6.45) is 2.01. The van der Waals surface area contributed by atoms with Crippen LogP contribution in [0, 0.1) is 6.92 Å². The van der Waals surface area contributed by atoms with E-state index in [0.29, 0.717) is 0 Å². The molecule has 0 bridgehead atoms. The highest BCUT2D eigenvalue weighted by Crippen LogP contribution is 2.24. The Hall–Kier alpha value is -2.01. The number of nitrogens with two attached hydrogens (primary N) is 1. The first-order valence-electron chi connectivity index (χ1n) is 8.02. The van der Waals surface area contributed by atoms with Gasteiger partial charge in [0.25, 0.3) is 0 Å². The van der Waals surface area contributed by atoms with Crippen molar-refractivity contribution in [3.63, 3.8) is 0 Å². The lowest BCUT2D eigenvalue weighted by Crippen LogP contribution is -2.46. The maximum absolute atomic E-state index is 6.08. The van der Waals surface area contributed by atoms with Crippen molar-refractivity contribution in [2.75, 3.05) is 36.8 Å². The van der Waals surface area contributed by atoms with Crippen LogP contribution in [0.1, 0.15) is 18.2 Å². The van der Waals surface area contributed by atoms with Crippen LogP contribution >= 0.6 is 0 Å². The number of aromatic nitrogens is 2. The van der Waals surface area contributed by atoms with Crippen LogP contribution in [0.25, 0.3) is 0 Å². The summed E-state index contributed by atoms with van der Waals surface area (Å²) in [5, 5.41) is 4.44. The minimum Gasteiger partial charge on any atom is -0.397 e. The first-order valence-corrected chi connectivity index (χ1v) is 8.02.